The highest BCUT2D eigenvalue weighted by molar-refractivity contribution is 5.69. The van der Waals surface area contributed by atoms with E-state index in [4.69, 9.17) is 9.84 Å². The van der Waals surface area contributed by atoms with Gasteiger partial charge in [0.15, 0.2) is 5.65 Å². The number of fused-ring (bicyclic) bond motifs is 1. The molecule has 7 nitrogen and oxygen atoms in total. The lowest BCUT2D eigenvalue weighted by atomic mass is 10.3. The van der Waals surface area contributed by atoms with Gasteiger partial charge in [-0.1, -0.05) is 0 Å². The van der Waals surface area contributed by atoms with Crippen LogP contribution in [0, 0.1) is 0 Å². The molecule has 0 amide bonds. The number of aromatic nitrogens is 3. The molecule has 0 aliphatic heterocycles. The highest BCUT2D eigenvalue weighted by atomic mass is 16.5. The quantitative estimate of drug-likeness (QED) is 0.719. The fraction of sp³-hybridized carbons (Fsp3) is 0.417. The molecule has 2 aromatic heterocycles. The zero-order valence-corrected chi connectivity index (χ0v) is 10.7. The first kappa shape index (κ1) is 13.3. The fourth-order valence-corrected chi connectivity index (χ4v) is 1.70. The van der Waals surface area contributed by atoms with Crippen molar-refractivity contribution in [3.8, 4) is 0 Å². The Bertz CT molecular complexity index is 567. The van der Waals surface area contributed by atoms with E-state index >= 15 is 0 Å². The Kier molecular flexibility index (Phi) is 4.30. The molecule has 0 saturated carbocycles. The predicted molar refractivity (Wildman–Crippen MR) is 69.3 cm³/mol. The van der Waals surface area contributed by atoms with Crippen molar-refractivity contribution in [3.63, 3.8) is 0 Å². The number of hydrogen-bond donors (Lipinski definition) is 2. The van der Waals surface area contributed by atoms with Gasteiger partial charge in [0.1, 0.15) is 5.82 Å². The highest BCUT2D eigenvalue weighted by Crippen LogP contribution is 2.08. The van der Waals surface area contributed by atoms with Gasteiger partial charge in [0.2, 0.25) is 0 Å². The van der Waals surface area contributed by atoms with Crippen LogP contribution < -0.4 is 5.32 Å². The van der Waals surface area contributed by atoms with Gasteiger partial charge >= 0.3 is 5.97 Å². The van der Waals surface area contributed by atoms with Crippen molar-refractivity contribution in [2.24, 2.45) is 0 Å². The molecule has 2 heterocycles. The van der Waals surface area contributed by atoms with Crippen molar-refractivity contribution < 1.29 is 14.6 Å². The second-order valence-electron chi connectivity index (χ2n) is 4.10. The maximum atomic E-state index is 10.6. The van der Waals surface area contributed by atoms with Crippen LogP contribution in [0.2, 0.25) is 0 Å². The average molecular weight is 264 g/mol. The van der Waals surface area contributed by atoms with Crippen LogP contribution in [0.15, 0.2) is 18.3 Å². The molecule has 0 aliphatic carbocycles. The molecular weight excluding hydrogens is 248 g/mol. The SMILES string of the molecule is COCCCNc1ccc2nc(CC(=O)O)cn2n1. The lowest BCUT2D eigenvalue weighted by Gasteiger charge is -2.04. The van der Waals surface area contributed by atoms with Crippen molar-refractivity contribution >= 4 is 17.4 Å². The van der Waals surface area contributed by atoms with Gasteiger partial charge in [-0.25, -0.2) is 9.50 Å². The van der Waals surface area contributed by atoms with E-state index in [0.717, 1.165) is 18.8 Å². The van der Waals surface area contributed by atoms with Crippen LogP contribution in [0.1, 0.15) is 12.1 Å². The second kappa shape index (κ2) is 6.14. The van der Waals surface area contributed by atoms with Crippen molar-refractivity contribution in [2.75, 3.05) is 25.6 Å². The average Bonchev–Trinajstić information content (AvgIpc) is 2.75. The molecule has 0 bridgehead atoms. The van der Waals surface area contributed by atoms with Gasteiger partial charge in [-0.3, -0.25) is 4.79 Å². The van der Waals surface area contributed by atoms with Gasteiger partial charge < -0.3 is 15.2 Å². The number of anilines is 1. The standard InChI is InChI=1S/C12H16N4O3/c1-19-6-2-5-13-10-3-4-11-14-9(7-12(17)18)8-16(11)15-10/h3-4,8H,2,5-7H2,1H3,(H,13,15)(H,17,18). The van der Waals surface area contributed by atoms with Crippen molar-refractivity contribution in [2.45, 2.75) is 12.8 Å². The number of nitrogens with zero attached hydrogens (tertiary/aromatic N) is 3. The van der Waals surface area contributed by atoms with Crippen LogP contribution in [0.25, 0.3) is 5.65 Å². The Balaban J connectivity index is 2.05. The van der Waals surface area contributed by atoms with E-state index < -0.39 is 5.97 Å². The van der Waals surface area contributed by atoms with Crippen LogP contribution in [-0.2, 0) is 16.0 Å². The smallest absolute Gasteiger partial charge is 0.309 e. The molecule has 102 valence electrons. The van der Waals surface area contributed by atoms with Crippen LogP contribution in [0.4, 0.5) is 5.82 Å². The lowest BCUT2D eigenvalue weighted by molar-refractivity contribution is -0.136. The number of hydrogen-bond acceptors (Lipinski definition) is 5. The Labute approximate surface area is 110 Å². The second-order valence-corrected chi connectivity index (χ2v) is 4.10. The van der Waals surface area contributed by atoms with Crippen molar-refractivity contribution in [1.29, 1.82) is 0 Å². The lowest BCUT2D eigenvalue weighted by Crippen LogP contribution is -2.07. The number of carboxylic acid groups (broad SMARTS) is 1. The summed E-state index contributed by atoms with van der Waals surface area (Å²) in [6.45, 7) is 1.46. The van der Waals surface area contributed by atoms with E-state index in [1.165, 1.54) is 0 Å². The number of methoxy groups -OCH3 is 1. The fourth-order valence-electron chi connectivity index (χ4n) is 1.70. The number of carboxylic acids is 1. The molecule has 0 atom stereocenters. The first-order valence-corrected chi connectivity index (χ1v) is 5.99. The first-order valence-electron chi connectivity index (χ1n) is 5.99. The number of nitrogens with one attached hydrogen (secondary N) is 1. The van der Waals surface area contributed by atoms with Gasteiger partial charge in [0.25, 0.3) is 0 Å². The summed E-state index contributed by atoms with van der Waals surface area (Å²) in [4.78, 5) is 14.8. The summed E-state index contributed by atoms with van der Waals surface area (Å²) >= 11 is 0. The molecule has 0 fully saturated rings. The summed E-state index contributed by atoms with van der Waals surface area (Å²) in [5.74, 6) is -0.177. The summed E-state index contributed by atoms with van der Waals surface area (Å²) in [7, 11) is 1.67. The maximum Gasteiger partial charge on any atom is 0.309 e. The molecule has 2 aromatic rings. The van der Waals surface area contributed by atoms with E-state index in [0.29, 0.717) is 17.9 Å². The van der Waals surface area contributed by atoms with E-state index in [2.05, 4.69) is 15.4 Å². The molecule has 19 heavy (non-hydrogen) atoms. The van der Waals surface area contributed by atoms with Gasteiger partial charge in [0.05, 0.1) is 18.3 Å². The molecule has 0 radical (unpaired) electrons. The minimum absolute atomic E-state index is 0.0973. The van der Waals surface area contributed by atoms with E-state index in [9.17, 15) is 4.79 Å². The third-order valence-corrected chi connectivity index (χ3v) is 2.53. The van der Waals surface area contributed by atoms with E-state index in [-0.39, 0.29) is 6.42 Å². The number of imidazole rings is 1. The van der Waals surface area contributed by atoms with Gasteiger partial charge in [-0.2, -0.15) is 0 Å². The third kappa shape index (κ3) is 3.65. The molecule has 0 aliphatic rings. The largest absolute Gasteiger partial charge is 0.481 e. The number of aliphatic carboxylic acids is 1. The van der Waals surface area contributed by atoms with Crippen molar-refractivity contribution in [3.05, 3.63) is 24.0 Å². The summed E-state index contributed by atoms with van der Waals surface area (Å²) in [6.07, 6.45) is 2.42. The van der Waals surface area contributed by atoms with Crippen molar-refractivity contribution in [1.82, 2.24) is 14.6 Å². The molecule has 2 N–H and O–H groups in total. The molecule has 0 spiro atoms. The number of ether oxygens (including phenoxy) is 1. The van der Waals surface area contributed by atoms with E-state index in [1.807, 2.05) is 6.07 Å². The topological polar surface area (TPSA) is 88.8 Å². The van der Waals surface area contributed by atoms with Gasteiger partial charge in [-0.05, 0) is 18.6 Å². The monoisotopic (exact) mass is 264 g/mol. The molecule has 7 heteroatoms. The zero-order chi connectivity index (χ0) is 13.7. The summed E-state index contributed by atoms with van der Waals surface area (Å²) in [5.41, 5.74) is 1.13. The van der Waals surface area contributed by atoms with Gasteiger partial charge in [-0.15, -0.1) is 5.10 Å². The number of carbonyl (C=O) groups is 1. The Morgan fingerprint density at radius 2 is 2.37 bits per heavy atom. The molecule has 0 saturated heterocycles. The van der Waals surface area contributed by atoms with Crippen LogP contribution in [0.5, 0.6) is 0 Å². The zero-order valence-electron chi connectivity index (χ0n) is 10.7. The molecule has 0 unspecified atom stereocenters. The summed E-state index contributed by atoms with van der Waals surface area (Å²) < 4.78 is 6.54. The third-order valence-electron chi connectivity index (χ3n) is 2.53. The molecular formula is C12H16N4O3. The summed E-state index contributed by atoms with van der Waals surface area (Å²) in [6, 6.07) is 3.62. The minimum atomic E-state index is -0.902. The van der Waals surface area contributed by atoms with Crippen LogP contribution in [0.3, 0.4) is 0 Å². The Morgan fingerprint density at radius 3 is 3.11 bits per heavy atom. The molecule has 2 rings (SSSR count). The van der Waals surface area contributed by atoms with E-state index in [1.54, 1.807) is 23.9 Å². The minimum Gasteiger partial charge on any atom is -0.481 e. The first-order chi connectivity index (χ1) is 9.19. The maximum absolute atomic E-state index is 10.6. The number of rotatable bonds is 7. The predicted octanol–water partition coefficient (Wildman–Crippen LogP) is 0.805. The Hall–Kier alpha value is -2.15. The van der Waals surface area contributed by atoms with Gasteiger partial charge in [0, 0.05) is 20.3 Å². The summed E-state index contributed by atoms with van der Waals surface area (Å²) in [5, 5.41) is 16.2. The van der Waals surface area contributed by atoms with Crippen LogP contribution >= 0.6 is 0 Å². The normalized spacial score (nSPS) is 10.8. The Morgan fingerprint density at radius 1 is 1.53 bits per heavy atom. The highest BCUT2D eigenvalue weighted by Gasteiger charge is 2.07. The van der Waals surface area contributed by atoms with Crippen LogP contribution in [-0.4, -0.2) is 45.9 Å². The molecule has 0 aromatic carbocycles.